The highest BCUT2D eigenvalue weighted by atomic mass is 31.1. The van der Waals surface area contributed by atoms with Crippen LogP contribution in [0.5, 0.6) is 0 Å². The molecule has 0 heterocycles. The number of rotatable bonds is 8. The topological polar surface area (TPSA) is 0 Å². The summed E-state index contributed by atoms with van der Waals surface area (Å²) >= 11 is 0. The van der Waals surface area contributed by atoms with E-state index in [4.69, 9.17) is 0 Å². The van der Waals surface area contributed by atoms with Crippen molar-refractivity contribution < 1.29 is 132 Å². The lowest BCUT2D eigenvalue weighted by molar-refractivity contribution is 0.380. The van der Waals surface area contributed by atoms with E-state index in [1.807, 2.05) is 0 Å². The molecule has 0 nitrogen and oxygen atoms in total. The Hall–Kier alpha value is -6.22. The molecule has 6 rings (SSSR count). The first-order valence-electron chi connectivity index (χ1n) is 17.0. The van der Waals surface area contributed by atoms with Crippen LogP contribution >= 0.6 is 8.34 Å². The van der Waals surface area contributed by atoms with Gasteiger partial charge in [0, 0.05) is 0 Å². The fraction of sp³-hybridized carbons (Fsp3) is 0. The van der Waals surface area contributed by atoms with Crippen LogP contribution in [-0.4, -0.2) is 11.7 Å². The van der Waals surface area contributed by atoms with Gasteiger partial charge in [0.05, 0.1) is 11.7 Å². The average Bonchev–Trinajstić information content (AvgIpc) is 3.31. The van der Waals surface area contributed by atoms with E-state index in [1.165, 1.54) is 0 Å². The molecule has 6 aromatic rings. The van der Waals surface area contributed by atoms with E-state index in [-0.39, 0.29) is 0 Å². The Labute approximate surface area is 359 Å². The molecule has 0 unspecified atom stereocenters. The van der Waals surface area contributed by atoms with Gasteiger partial charge in [-0.1, -0.05) is 0 Å². The molecule has 0 amide bonds. The van der Waals surface area contributed by atoms with Crippen molar-refractivity contribution in [3.8, 4) is 0 Å². The maximum atomic E-state index is 16.5. The lowest BCUT2D eigenvalue weighted by Crippen LogP contribution is -2.78. The number of benzene rings is 6. The van der Waals surface area contributed by atoms with Gasteiger partial charge in [0.15, 0.2) is 105 Å². The lowest BCUT2D eigenvalue weighted by atomic mass is 9.31. The maximum absolute atomic E-state index is 16.5. The van der Waals surface area contributed by atoms with Crippen LogP contribution in [0.25, 0.3) is 0 Å². The van der Waals surface area contributed by atoms with Crippen LogP contribution in [0.3, 0.4) is 0 Å². The van der Waals surface area contributed by atoms with Crippen LogP contribution in [0, 0.1) is 175 Å². The summed E-state index contributed by atoms with van der Waals surface area (Å²) in [6.07, 6.45) is 0. The first-order chi connectivity index (χ1) is 31.8. The van der Waals surface area contributed by atoms with Crippen LogP contribution in [0.2, 0.25) is 0 Å². The number of hydrogen-bond donors (Lipinski definition) is 0. The molecule has 0 bridgehead atoms. The van der Waals surface area contributed by atoms with E-state index in [0.29, 0.717) is 0 Å². The summed E-state index contributed by atoms with van der Waals surface area (Å²) in [5, 5.41) is 0. The molecule has 0 aliphatic heterocycles. The number of halogens is 30. The summed E-state index contributed by atoms with van der Waals surface area (Å²) < 4.78 is 470. The Morgan fingerprint density at radius 2 is 0.203 bits per heavy atom. The van der Waals surface area contributed by atoms with Gasteiger partial charge < -0.3 is 8.34 Å². The minimum Gasteiger partial charge on any atom is -0.432 e. The molecule has 33 heteroatoms. The van der Waals surface area contributed by atoms with E-state index in [1.54, 1.807) is 0 Å². The molecule has 0 spiro atoms. The zero-order valence-corrected chi connectivity index (χ0v) is 32.0. The third-order valence-electron chi connectivity index (χ3n) is 10.6. The third-order valence-corrected chi connectivity index (χ3v) is 13.3. The van der Waals surface area contributed by atoms with Crippen LogP contribution in [0.1, 0.15) is 0 Å². The molecule has 69 heavy (non-hydrogen) atoms. The maximum Gasteiger partial charge on any atom is 0.200 e. The molecule has 0 radical (unpaired) electrons. The van der Waals surface area contributed by atoms with Gasteiger partial charge in [0.25, 0.3) is 0 Å². The molecule has 0 saturated heterocycles. The number of hydrogen-bond acceptors (Lipinski definition) is 0. The molecule has 368 valence electrons. The molecular formula is C36HB2F30P-2. The van der Waals surface area contributed by atoms with Crippen LogP contribution in [0.4, 0.5) is 132 Å². The van der Waals surface area contributed by atoms with Crippen LogP contribution < -0.4 is 32.8 Å². The predicted octanol–water partition coefficient (Wildman–Crippen LogP) is 9.17. The van der Waals surface area contributed by atoms with E-state index in [2.05, 4.69) is 0 Å². The summed E-state index contributed by atoms with van der Waals surface area (Å²) in [4.78, 5) is 0. The van der Waals surface area contributed by atoms with Gasteiger partial charge in [0.2, 0.25) is 0 Å². The Morgan fingerprint density at radius 1 is 0.130 bits per heavy atom. The van der Waals surface area contributed by atoms with Crippen molar-refractivity contribution in [2.75, 3.05) is 0 Å². The molecule has 0 atom stereocenters. The quantitative estimate of drug-likeness (QED) is 0.0470. The molecule has 0 saturated carbocycles. The van der Waals surface area contributed by atoms with E-state index in [0.717, 1.165) is 0 Å². The van der Waals surface area contributed by atoms with E-state index < -0.39 is 227 Å². The minimum absolute atomic E-state index is 3.73. The Balaban J connectivity index is 2.29. The predicted molar refractivity (Wildman–Crippen MR) is 175 cm³/mol. The summed E-state index contributed by atoms with van der Waals surface area (Å²) in [7, 11) is -5.18. The smallest absolute Gasteiger partial charge is 0.200 e. The SMILES string of the molecule is Fc1c(F)c(F)c([B-](P[B-](c2c(F)c(F)c(F)c(F)c2F)(c2c(F)c(F)c(F)c(F)c2F)c2c(F)c(F)c(F)c(F)c2F)(c2c(F)c(F)c(F)c(F)c2F)c2c(F)c(F)c(F)c(F)c2F)c(F)c1F. The molecular weight excluding hydrogens is 1050 g/mol. The Kier molecular flexibility index (Phi) is 13.1. The van der Waals surface area contributed by atoms with Gasteiger partial charge in [0.1, 0.15) is 69.8 Å². The van der Waals surface area contributed by atoms with Crippen molar-refractivity contribution in [1.29, 1.82) is 0 Å². The van der Waals surface area contributed by atoms with Crippen molar-refractivity contribution in [2.24, 2.45) is 0 Å². The summed E-state index contributed by atoms with van der Waals surface area (Å²) in [6, 6.07) is 0. The Morgan fingerprint density at radius 3 is 0.290 bits per heavy atom. The van der Waals surface area contributed by atoms with Crippen molar-refractivity contribution in [2.45, 2.75) is 0 Å². The largest absolute Gasteiger partial charge is 0.432 e. The standard InChI is InChI=1S/C36HB2F30P/c39-7-1(8(40)20(52)31(63)19(7)51)37(2-9(41)21(53)32(64)22(54)10(2)42,3-11(43)23(55)33(65)24(56)12(3)44)69-38(4-13(45)25(57)34(66)26(58)14(4)46,5-15(47)27(59)35(67)28(60)16(5)48)6-17(49)29(61)36(68)30(62)18(6)50/h69H/q-2. The van der Waals surface area contributed by atoms with Crippen molar-refractivity contribution in [3.05, 3.63) is 175 Å². The summed E-state index contributed by atoms with van der Waals surface area (Å²) in [5.41, 5.74) is -24.8. The molecule has 0 N–H and O–H groups in total. The molecule has 0 fully saturated rings. The van der Waals surface area contributed by atoms with Gasteiger partial charge in [-0.2, -0.15) is 0 Å². The zero-order chi connectivity index (χ0) is 52.5. The van der Waals surface area contributed by atoms with E-state index in [9.17, 15) is 26.3 Å². The van der Waals surface area contributed by atoms with Gasteiger partial charge in [-0.25, -0.2) is 132 Å². The Bertz CT molecular complexity index is 2560. The highest BCUT2D eigenvalue weighted by Crippen LogP contribution is 2.45. The first kappa shape index (κ1) is 52.2. The van der Waals surface area contributed by atoms with Gasteiger partial charge >= 0.3 is 0 Å². The second-order valence-electron chi connectivity index (χ2n) is 13.8. The zero-order valence-electron chi connectivity index (χ0n) is 31.0. The fourth-order valence-electron chi connectivity index (χ4n) is 7.75. The summed E-state index contributed by atoms with van der Waals surface area (Å²) in [6.45, 7) is 0. The molecule has 0 aliphatic carbocycles. The highest BCUT2D eigenvalue weighted by Gasteiger charge is 2.55. The monoisotopic (exact) mass is 1060 g/mol. The van der Waals surface area contributed by atoms with Crippen molar-refractivity contribution >= 4 is 52.8 Å². The summed E-state index contributed by atoms with van der Waals surface area (Å²) in [5.74, 6) is -137. The minimum atomic E-state index is -8.05. The van der Waals surface area contributed by atoms with Gasteiger partial charge in [-0.15, -0.1) is 32.8 Å². The molecule has 0 aromatic heterocycles. The molecule has 6 aromatic carbocycles. The van der Waals surface area contributed by atoms with Crippen LogP contribution in [0.15, 0.2) is 0 Å². The van der Waals surface area contributed by atoms with Gasteiger partial charge in [-0.05, 0) is 0 Å². The second-order valence-corrected chi connectivity index (χ2v) is 15.9. The van der Waals surface area contributed by atoms with Crippen molar-refractivity contribution in [3.63, 3.8) is 0 Å². The second kappa shape index (κ2) is 17.3. The molecule has 0 aliphatic rings. The average molecular weight is 1060 g/mol. The first-order valence-corrected chi connectivity index (χ1v) is 18.1. The fourth-order valence-corrected chi connectivity index (χ4v) is 11.0. The van der Waals surface area contributed by atoms with Gasteiger partial charge in [-0.3, -0.25) is 0 Å². The third kappa shape index (κ3) is 6.83. The lowest BCUT2D eigenvalue weighted by Gasteiger charge is -2.56. The highest BCUT2D eigenvalue weighted by molar-refractivity contribution is 8.16. The van der Waals surface area contributed by atoms with Crippen LogP contribution in [-0.2, 0) is 0 Å². The van der Waals surface area contributed by atoms with Crippen molar-refractivity contribution in [1.82, 2.24) is 0 Å². The normalized spacial score (nSPS) is 12.3. The van der Waals surface area contributed by atoms with E-state index >= 15 is 105 Å².